The largest absolute Gasteiger partial charge is 0.416 e. The smallest absolute Gasteiger partial charge is 0.325 e. The molecule has 0 spiro atoms. The molecular formula is C20H16F3N3O2S. The van der Waals surface area contributed by atoms with Gasteiger partial charge < -0.3 is 5.32 Å². The summed E-state index contributed by atoms with van der Waals surface area (Å²) in [5.74, 6) is -0.495. The number of carbonyl (C=O) groups is 1. The standard InChI is InChI=1S/C20H16F3N3O2S/c1-2-11-26-18(28)15-5-3-4-6-16(15)25-19(26)29-12-17(27)24-14-9-7-13(8-10-14)20(21,22)23/h2-10H,1,11-12H2,(H,24,27). The lowest BCUT2D eigenvalue weighted by Crippen LogP contribution is -2.23. The van der Waals surface area contributed by atoms with E-state index in [0.29, 0.717) is 16.1 Å². The van der Waals surface area contributed by atoms with Crippen LogP contribution < -0.4 is 10.9 Å². The van der Waals surface area contributed by atoms with Gasteiger partial charge in [-0.25, -0.2) is 4.98 Å². The summed E-state index contributed by atoms with van der Waals surface area (Å²) in [6, 6.07) is 11.1. The van der Waals surface area contributed by atoms with Crippen LogP contribution in [0.3, 0.4) is 0 Å². The van der Waals surface area contributed by atoms with Gasteiger partial charge in [-0.1, -0.05) is 30.0 Å². The Morgan fingerprint density at radius 3 is 2.52 bits per heavy atom. The van der Waals surface area contributed by atoms with Crippen molar-refractivity contribution in [2.75, 3.05) is 11.1 Å². The number of thioether (sulfide) groups is 1. The highest BCUT2D eigenvalue weighted by Gasteiger charge is 2.30. The van der Waals surface area contributed by atoms with Gasteiger partial charge in [-0.3, -0.25) is 14.2 Å². The molecule has 3 rings (SSSR count). The molecule has 0 saturated heterocycles. The van der Waals surface area contributed by atoms with Crippen LogP contribution in [-0.4, -0.2) is 21.2 Å². The van der Waals surface area contributed by atoms with Gasteiger partial charge in [0.05, 0.1) is 22.2 Å². The number of para-hydroxylation sites is 1. The molecule has 0 bridgehead atoms. The van der Waals surface area contributed by atoms with Gasteiger partial charge in [-0.05, 0) is 36.4 Å². The fourth-order valence-electron chi connectivity index (χ4n) is 2.62. The number of carbonyl (C=O) groups excluding carboxylic acids is 1. The maximum atomic E-state index is 12.7. The van der Waals surface area contributed by atoms with Gasteiger partial charge in [0.25, 0.3) is 5.56 Å². The molecular weight excluding hydrogens is 403 g/mol. The Morgan fingerprint density at radius 2 is 1.86 bits per heavy atom. The summed E-state index contributed by atoms with van der Waals surface area (Å²) >= 11 is 1.06. The van der Waals surface area contributed by atoms with E-state index < -0.39 is 17.6 Å². The fourth-order valence-corrected chi connectivity index (χ4v) is 3.43. The first kappa shape index (κ1) is 20.7. The summed E-state index contributed by atoms with van der Waals surface area (Å²) < 4.78 is 39.2. The van der Waals surface area contributed by atoms with Crippen LogP contribution in [0.1, 0.15) is 5.56 Å². The number of fused-ring (bicyclic) bond motifs is 1. The average molecular weight is 419 g/mol. The second-order valence-corrected chi connectivity index (χ2v) is 6.97. The van der Waals surface area contributed by atoms with Gasteiger partial charge >= 0.3 is 6.18 Å². The monoisotopic (exact) mass is 419 g/mol. The quantitative estimate of drug-likeness (QED) is 0.367. The highest BCUT2D eigenvalue weighted by molar-refractivity contribution is 7.99. The third-order valence-electron chi connectivity index (χ3n) is 3.97. The molecule has 1 heterocycles. The van der Waals surface area contributed by atoms with Crippen molar-refractivity contribution in [3.63, 3.8) is 0 Å². The van der Waals surface area contributed by atoms with E-state index in [1.54, 1.807) is 30.3 Å². The Balaban J connectivity index is 1.74. The third-order valence-corrected chi connectivity index (χ3v) is 4.94. The first-order chi connectivity index (χ1) is 13.8. The topological polar surface area (TPSA) is 64.0 Å². The number of nitrogens with zero attached hydrogens (tertiary/aromatic N) is 2. The van der Waals surface area contributed by atoms with E-state index in [4.69, 9.17) is 0 Å². The van der Waals surface area contributed by atoms with Crippen LogP contribution in [0.4, 0.5) is 18.9 Å². The van der Waals surface area contributed by atoms with E-state index in [0.717, 1.165) is 23.9 Å². The van der Waals surface area contributed by atoms with Crippen LogP contribution in [0, 0.1) is 0 Å². The van der Waals surface area contributed by atoms with Crippen LogP contribution in [0.15, 0.2) is 71.1 Å². The predicted molar refractivity (Wildman–Crippen MR) is 107 cm³/mol. The minimum Gasteiger partial charge on any atom is -0.325 e. The van der Waals surface area contributed by atoms with Gasteiger partial charge in [0.15, 0.2) is 5.16 Å². The molecule has 1 amide bonds. The fraction of sp³-hybridized carbons (Fsp3) is 0.150. The summed E-state index contributed by atoms with van der Waals surface area (Å²) in [5, 5.41) is 3.35. The molecule has 0 saturated carbocycles. The summed E-state index contributed by atoms with van der Waals surface area (Å²) in [5.41, 5.74) is -0.262. The second kappa shape index (κ2) is 8.52. The highest BCUT2D eigenvalue weighted by Crippen LogP contribution is 2.29. The summed E-state index contributed by atoms with van der Waals surface area (Å²) in [4.78, 5) is 29.3. The molecule has 0 aliphatic carbocycles. The molecule has 0 unspecified atom stereocenters. The Kier molecular flexibility index (Phi) is 6.07. The molecule has 1 N–H and O–H groups in total. The van der Waals surface area contributed by atoms with Gasteiger partial charge in [-0.2, -0.15) is 13.2 Å². The summed E-state index contributed by atoms with van der Waals surface area (Å²) in [7, 11) is 0. The molecule has 29 heavy (non-hydrogen) atoms. The van der Waals surface area contributed by atoms with Crippen molar-refractivity contribution >= 4 is 34.3 Å². The normalized spacial score (nSPS) is 11.4. The van der Waals surface area contributed by atoms with Crippen molar-refractivity contribution in [1.29, 1.82) is 0 Å². The molecule has 150 valence electrons. The zero-order valence-corrected chi connectivity index (χ0v) is 15.9. The van der Waals surface area contributed by atoms with E-state index in [9.17, 15) is 22.8 Å². The molecule has 1 aromatic heterocycles. The minimum absolute atomic E-state index is 0.0665. The third kappa shape index (κ3) is 4.86. The number of allylic oxidation sites excluding steroid dienone is 1. The predicted octanol–water partition coefficient (Wildman–Crippen LogP) is 4.33. The molecule has 9 heteroatoms. The van der Waals surface area contributed by atoms with Crippen molar-refractivity contribution in [3.05, 3.63) is 77.1 Å². The lowest BCUT2D eigenvalue weighted by atomic mass is 10.2. The number of hydrogen-bond donors (Lipinski definition) is 1. The first-order valence-electron chi connectivity index (χ1n) is 8.50. The Bertz CT molecular complexity index is 1110. The van der Waals surface area contributed by atoms with Crippen molar-refractivity contribution in [3.8, 4) is 0 Å². The SMILES string of the molecule is C=CCn1c(SCC(=O)Nc2ccc(C(F)(F)F)cc2)nc2ccccc2c1=O. The van der Waals surface area contributed by atoms with Crippen LogP contribution in [-0.2, 0) is 17.5 Å². The molecule has 0 atom stereocenters. The maximum Gasteiger partial charge on any atom is 0.416 e. The molecule has 0 radical (unpaired) electrons. The molecule has 5 nitrogen and oxygen atoms in total. The first-order valence-corrected chi connectivity index (χ1v) is 9.48. The number of anilines is 1. The number of aromatic nitrogens is 2. The van der Waals surface area contributed by atoms with Crippen LogP contribution in [0.25, 0.3) is 10.9 Å². The van der Waals surface area contributed by atoms with Gasteiger partial charge in [0, 0.05) is 12.2 Å². The number of rotatable bonds is 6. The number of amides is 1. The number of hydrogen-bond acceptors (Lipinski definition) is 4. The van der Waals surface area contributed by atoms with Crippen LogP contribution in [0.2, 0.25) is 0 Å². The minimum atomic E-state index is -4.44. The number of benzene rings is 2. The van der Waals surface area contributed by atoms with Crippen LogP contribution in [0.5, 0.6) is 0 Å². The maximum absolute atomic E-state index is 12.7. The van der Waals surface area contributed by atoms with Crippen LogP contribution >= 0.6 is 11.8 Å². The lowest BCUT2D eigenvalue weighted by Gasteiger charge is -2.12. The molecule has 0 fully saturated rings. The Labute approximate surface area is 168 Å². The second-order valence-electron chi connectivity index (χ2n) is 6.03. The molecule has 0 aliphatic rings. The van der Waals surface area contributed by atoms with E-state index >= 15 is 0 Å². The number of halogens is 3. The summed E-state index contributed by atoms with van der Waals surface area (Å²) in [6.45, 7) is 3.87. The Morgan fingerprint density at radius 1 is 1.17 bits per heavy atom. The van der Waals surface area contributed by atoms with E-state index in [1.807, 2.05) is 0 Å². The number of alkyl halides is 3. The van der Waals surface area contributed by atoms with E-state index in [2.05, 4.69) is 16.9 Å². The van der Waals surface area contributed by atoms with E-state index in [-0.39, 0.29) is 23.5 Å². The molecule has 3 aromatic rings. The zero-order valence-electron chi connectivity index (χ0n) is 15.1. The van der Waals surface area contributed by atoms with Crippen molar-refractivity contribution in [1.82, 2.24) is 9.55 Å². The summed E-state index contributed by atoms with van der Waals surface area (Å²) in [6.07, 6.45) is -2.88. The lowest BCUT2D eigenvalue weighted by molar-refractivity contribution is -0.137. The highest BCUT2D eigenvalue weighted by atomic mass is 32.2. The Hall–Kier alpha value is -3.07. The van der Waals surface area contributed by atoms with Crippen molar-refractivity contribution in [2.45, 2.75) is 17.9 Å². The van der Waals surface area contributed by atoms with Gasteiger partial charge in [-0.15, -0.1) is 6.58 Å². The average Bonchev–Trinajstić information content (AvgIpc) is 2.68. The van der Waals surface area contributed by atoms with E-state index in [1.165, 1.54) is 16.7 Å². The molecule has 0 aliphatic heterocycles. The van der Waals surface area contributed by atoms with Gasteiger partial charge in [0.2, 0.25) is 5.91 Å². The van der Waals surface area contributed by atoms with Crippen molar-refractivity contribution < 1.29 is 18.0 Å². The zero-order chi connectivity index (χ0) is 21.0. The number of nitrogens with one attached hydrogen (secondary N) is 1. The van der Waals surface area contributed by atoms with Crippen molar-refractivity contribution in [2.24, 2.45) is 0 Å². The molecule has 2 aromatic carbocycles. The van der Waals surface area contributed by atoms with Gasteiger partial charge in [0.1, 0.15) is 0 Å².